The lowest BCUT2D eigenvalue weighted by Crippen LogP contribution is -2.11. The molecule has 0 saturated carbocycles. The summed E-state index contributed by atoms with van der Waals surface area (Å²) in [6.45, 7) is 16.7. The first-order valence-electron chi connectivity index (χ1n) is 43.1. The highest BCUT2D eigenvalue weighted by atomic mass is 79.9. The van der Waals surface area contributed by atoms with Crippen molar-refractivity contribution in [2.75, 3.05) is 7.11 Å². The molecule has 17 rings (SSSR count). The topological polar surface area (TPSA) is 364 Å². The lowest BCUT2D eigenvalue weighted by atomic mass is 10.00. The summed E-state index contributed by atoms with van der Waals surface area (Å²) in [5, 5.41) is 77.4. The molecule has 0 unspecified atom stereocenters. The zero-order valence-corrected chi connectivity index (χ0v) is 78.9. The van der Waals surface area contributed by atoms with Gasteiger partial charge in [0.1, 0.15) is 5.76 Å². The largest absolute Gasteiger partial charge is 0.504 e. The number of aromatic nitrogens is 2. The van der Waals surface area contributed by atoms with Gasteiger partial charge in [-0.2, -0.15) is 0 Å². The number of hydrogen-bond donors (Lipinski definition) is 8. The number of pyridine rings is 2. The molecule has 21 nitrogen and oxygen atoms in total. The average Bonchev–Trinajstić information content (AvgIpc) is 1.74. The number of nitrogens with zero attached hydrogens (tertiary/aromatic N) is 2. The molecule has 22 heteroatoms. The molecule has 0 amide bonds. The lowest BCUT2D eigenvalue weighted by Gasteiger charge is -2.04. The Labute approximate surface area is 803 Å². The van der Waals surface area contributed by atoms with Crippen molar-refractivity contribution >= 4 is 32.8 Å². The number of benzene rings is 6. The minimum atomic E-state index is -0.568. The number of para-hydroxylation sites is 1. The van der Waals surface area contributed by atoms with Gasteiger partial charge in [-0.3, -0.25) is 48.3 Å². The van der Waals surface area contributed by atoms with Crippen molar-refractivity contribution < 1.29 is 54.8 Å². The Bertz CT molecular complexity index is 7690. The highest BCUT2D eigenvalue weighted by Crippen LogP contribution is 2.31. The van der Waals surface area contributed by atoms with E-state index in [1.54, 1.807) is 160 Å². The van der Waals surface area contributed by atoms with E-state index in [1.165, 1.54) is 56.5 Å². The number of ether oxygens (including phenoxy) is 1. The molecular formula is C116H99BrN2O19. The second-order valence-electron chi connectivity index (χ2n) is 31.8. The molecule has 0 aliphatic heterocycles. The third kappa shape index (κ3) is 27.9. The van der Waals surface area contributed by atoms with Gasteiger partial charge in [0.15, 0.2) is 46.0 Å². The van der Waals surface area contributed by atoms with Crippen LogP contribution in [0.5, 0.6) is 46.0 Å². The van der Waals surface area contributed by atoms with Crippen molar-refractivity contribution in [3.05, 3.63) is 500 Å². The number of methoxy groups -OCH3 is 1. The number of aryl methyl sites for hydroxylation is 9. The summed E-state index contributed by atoms with van der Waals surface area (Å²) in [6, 6.07) is 99.2. The standard InChI is InChI=1S/2C20H16O2.C17H13NO2.C14H12O2.C13H11NO2.C12H14O4.C12H10O3.C8H7BrO2/c1-14-10-11-18(13-19(21)20(14)22)17-9-5-8-16(12-17)15-6-3-2-4-7-15;1-14-7-8-18(13-19(21)20(14)22)17-11-9-16(10-12-17)15-5-3-2-4-6-15;1-11-6-7-12(9-16(19)17(11)20)14-8-13-4-2-3-5-15(13)18-10-14;1-10-7-8-12(9-13(15)14(10)16)11-5-3-2-4-6-11;1-9-2-3-11(8-12(15)13(9)16)10-4-6-14-7-5-10;1-6-5-7(2)10(13)11(14)8(3)9(6)12(15)16-4;1-8-4-5-9(7-10(13)12(8)14)11-3-2-6-15-11;1-5-2-3-6(9)4-7(10)8(5)11/h2*2-13H,1H3,(H,21,22);2-10H,1H3,(H,19,20);2-9H,1H3,(H,15,16);2-8H,1H3,(H,15,16);5H,1-4H3,(H,13,14);2-7H,1H3,(H,13,14);2-4H,1H3,(H,10,11). The van der Waals surface area contributed by atoms with E-state index >= 15 is 0 Å². The number of halogens is 1. The Morgan fingerprint density at radius 3 is 0.978 bits per heavy atom. The zero-order chi connectivity index (χ0) is 100.0. The van der Waals surface area contributed by atoms with Crippen molar-refractivity contribution in [3.8, 4) is 135 Å². The van der Waals surface area contributed by atoms with Gasteiger partial charge in [-0.05, 0) is 270 Å². The number of esters is 1. The average molecular weight is 1900 g/mol. The lowest BCUT2D eigenvalue weighted by molar-refractivity contribution is 0.0599. The van der Waals surface area contributed by atoms with Gasteiger partial charge in [-0.25, -0.2) is 4.79 Å². The van der Waals surface area contributed by atoms with Crippen LogP contribution < -0.4 is 43.4 Å². The van der Waals surface area contributed by atoms with E-state index in [1.807, 2.05) is 182 Å². The Morgan fingerprint density at radius 1 is 0.275 bits per heavy atom. The molecule has 17 aromatic rings. The van der Waals surface area contributed by atoms with E-state index in [2.05, 4.69) is 61.0 Å². The van der Waals surface area contributed by atoms with E-state index < -0.39 is 16.8 Å². The molecule has 8 N–H and O–H groups in total. The molecule has 0 saturated heterocycles. The van der Waals surface area contributed by atoms with Gasteiger partial charge in [0.25, 0.3) is 0 Å². The SMILES string of the molecule is COC(=O)c1c(C)cc(C)c(O)c(=O)c1C.Cc1ccc(-c2ccc(-c3ccccc3)cc2)cc(=O)c1O.Cc1ccc(-c2cccc(-c3ccccc3)c2)cc(=O)c1O.Cc1ccc(-c2ccccc2)cc(=O)c1O.Cc1ccc(-c2ccco2)cc(=O)c1O.Cc1ccc(-c2ccncc2)cc(=O)c1O.Cc1ccc(-c2cnc3ccccc3c2)cc(=O)c1O.Cc1ccc(Br)cc(=O)c1O. The van der Waals surface area contributed by atoms with Gasteiger partial charge in [0, 0.05) is 57.3 Å². The molecule has 14 aromatic carbocycles. The molecule has 138 heavy (non-hydrogen) atoms. The van der Waals surface area contributed by atoms with Crippen molar-refractivity contribution in [3.63, 3.8) is 0 Å². The summed E-state index contributed by atoms with van der Waals surface area (Å²) in [5.41, 5.74) is 17.1. The highest BCUT2D eigenvalue weighted by Gasteiger charge is 2.18. The van der Waals surface area contributed by atoms with Gasteiger partial charge < -0.3 is 50.0 Å². The molecule has 0 aliphatic rings. The fraction of sp³-hybridized carbons (Fsp3) is 0.0948. The van der Waals surface area contributed by atoms with Gasteiger partial charge in [-0.15, -0.1) is 0 Å². The van der Waals surface area contributed by atoms with E-state index in [-0.39, 0.29) is 89.7 Å². The van der Waals surface area contributed by atoms with E-state index in [0.717, 1.165) is 88.8 Å². The first-order valence-corrected chi connectivity index (χ1v) is 43.9. The molecule has 3 aromatic heterocycles. The predicted molar refractivity (Wildman–Crippen MR) is 550 cm³/mol. The number of carbonyl (C=O) groups is 1. The molecule has 0 fully saturated rings. The predicted octanol–water partition coefficient (Wildman–Crippen LogP) is 22.5. The first kappa shape index (κ1) is 103. The third-order valence-electron chi connectivity index (χ3n) is 21.8. The van der Waals surface area contributed by atoms with Gasteiger partial charge in [-0.1, -0.05) is 253 Å². The van der Waals surface area contributed by atoms with E-state index in [9.17, 15) is 78.9 Å². The molecular weight excluding hydrogens is 1810 g/mol. The maximum Gasteiger partial charge on any atom is 0.338 e. The number of rotatable bonds is 9. The summed E-state index contributed by atoms with van der Waals surface area (Å²) in [6.07, 6.45) is 6.61. The first-order chi connectivity index (χ1) is 66.0. The smallest absolute Gasteiger partial charge is 0.338 e. The number of fused-ring (bicyclic) bond motifs is 1. The second-order valence-corrected chi connectivity index (χ2v) is 32.7. The number of hydrogen-bond acceptors (Lipinski definition) is 21. The summed E-state index contributed by atoms with van der Waals surface area (Å²) in [5.74, 6) is -1.63. The Balaban J connectivity index is 0.000000164. The van der Waals surface area contributed by atoms with Crippen LogP contribution in [0, 0.1) is 69.2 Å². The Kier molecular flexibility index (Phi) is 36.4. The summed E-state index contributed by atoms with van der Waals surface area (Å²) >= 11 is 3.15. The minimum Gasteiger partial charge on any atom is -0.504 e. The number of furan rings is 1. The van der Waals surface area contributed by atoms with Crippen molar-refractivity contribution in [2.24, 2.45) is 0 Å². The van der Waals surface area contributed by atoms with Crippen LogP contribution in [-0.2, 0) is 4.74 Å². The summed E-state index contributed by atoms with van der Waals surface area (Å²) < 4.78 is 10.5. The van der Waals surface area contributed by atoms with Crippen LogP contribution in [-0.4, -0.2) is 63.9 Å². The monoisotopic (exact) mass is 1900 g/mol. The maximum atomic E-state index is 11.9. The van der Waals surface area contributed by atoms with Gasteiger partial charge in [0.2, 0.25) is 43.4 Å². The van der Waals surface area contributed by atoms with Crippen molar-refractivity contribution in [2.45, 2.75) is 69.2 Å². The van der Waals surface area contributed by atoms with Crippen LogP contribution in [0.2, 0.25) is 0 Å². The van der Waals surface area contributed by atoms with Crippen LogP contribution in [0.4, 0.5) is 0 Å². The zero-order valence-electron chi connectivity index (χ0n) is 77.3. The quantitative estimate of drug-likeness (QED) is 0.0622. The Morgan fingerprint density at radius 2 is 0.580 bits per heavy atom. The molecule has 0 spiro atoms. The maximum absolute atomic E-state index is 11.9. The van der Waals surface area contributed by atoms with E-state index in [0.29, 0.717) is 65.9 Å². The van der Waals surface area contributed by atoms with Gasteiger partial charge >= 0.3 is 5.97 Å². The normalized spacial score (nSPS) is 10.2. The molecule has 694 valence electrons. The Hall–Kier alpha value is -17.4. The van der Waals surface area contributed by atoms with E-state index in [4.69, 9.17) is 9.52 Å². The molecule has 0 aliphatic carbocycles. The van der Waals surface area contributed by atoms with Crippen LogP contribution >= 0.6 is 15.9 Å². The van der Waals surface area contributed by atoms with Crippen LogP contribution in [0.3, 0.4) is 0 Å². The fourth-order valence-corrected chi connectivity index (χ4v) is 14.1. The molecule has 0 bridgehead atoms. The van der Waals surface area contributed by atoms with Gasteiger partial charge in [0.05, 0.1) is 24.5 Å². The molecule has 0 radical (unpaired) electrons. The highest BCUT2D eigenvalue weighted by molar-refractivity contribution is 9.10. The fourth-order valence-electron chi connectivity index (χ4n) is 13.7. The molecule has 3 heterocycles. The van der Waals surface area contributed by atoms with Crippen molar-refractivity contribution in [1.82, 2.24) is 9.97 Å². The summed E-state index contributed by atoms with van der Waals surface area (Å²) in [7, 11) is 1.26. The molecule has 0 atom stereocenters. The van der Waals surface area contributed by atoms with Crippen LogP contribution in [0.1, 0.15) is 66.0 Å². The minimum absolute atomic E-state index is 0.179. The van der Waals surface area contributed by atoms with Crippen molar-refractivity contribution in [1.29, 1.82) is 0 Å². The van der Waals surface area contributed by atoms with Crippen LogP contribution in [0.25, 0.3) is 100 Å². The summed E-state index contributed by atoms with van der Waals surface area (Å²) in [4.78, 5) is 113. The number of aromatic hydroxyl groups is 8. The van der Waals surface area contributed by atoms with Crippen LogP contribution in [0.15, 0.2) is 400 Å². The third-order valence-corrected chi connectivity index (χ3v) is 22.3. The number of carbonyl (C=O) groups excluding carboxylic acids is 1. The second kappa shape index (κ2) is 48.9.